The van der Waals surface area contributed by atoms with Crippen LogP contribution in [0.15, 0.2) is 48.5 Å². The number of ether oxygens (including phenoxy) is 1. The van der Waals surface area contributed by atoms with Gasteiger partial charge in [0.15, 0.2) is 0 Å². The number of aliphatic hydroxyl groups excluding tert-OH is 1. The van der Waals surface area contributed by atoms with Gasteiger partial charge in [0.2, 0.25) is 0 Å². The van der Waals surface area contributed by atoms with Gasteiger partial charge in [-0.05, 0) is 56.0 Å². The topological polar surface area (TPSA) is 32.7 Å². The maximum Gasteiger partial charge on any atom is 0.126 e. The van der Waals surface area contributed by atoms with Crippen LogP contribution in [0.3, 0.4) is 0 Å². The lowest BCUT2D eigenvalue weighted by Gasteiger charge is -2.29. The third-order valence-electron chi connectivity index (χ3n) is 4.93. The number of hydrogen-bond acceptors (Lipinski definition) is 3. The van der Waals surface area contributed by atoms with E-state index in [1.165, 1.54) is 12.1 Å². The summed E-state index contributed by atoms with van der Waals surface area (Å²) in [4.78, 5) is 2.42. The summed E-state index contributed by atoms with van der Waals surface area (Å²) < 4.78 is 19.0. The molecule has 3 nitrogen and oxygen atoms in total. The first kappa shape index (κ1) is 19.6. The molecule has 27 heavy (non-hydrogen) atoms. The quantitative estimate of drug-likeness (QED) is 0.545. The van der Waals surface area contributed by atoms with Crippen molar-refractivity contribution in [3.63, 3.8) is 0 Å². The average molecular weight is 369 g/mol. The first-order valence-corrected chi connectivity index (χ1v) is 9.76. The highest BCUT2D eigenvalue weighted by molar-refractivity contribution is 5.72. The number of nitrogens with zero attached hydrogens (tertiary/aromatic N) is 1. The molecular formula is C23H28FNO2. The number of hydrogen-bond donors (Lipinski definition) is 1. The summed E-state index contributed by atoms with van der Waals surface area (Å²) in [6.07, 6.45) is 7.76. The Labute approximate surface area is 161 Å². The number of aliphatic hydroxyl groups is 1. The first-order valence-electron chi connectivity index (χ1n) is 9.76. The lowest BCUT2D eigenvalue weighted by molar-refractivity contribution is 0.0812. The predicted molar refractivity (Wildman–Crippen MR) is 108 cm³/mol. The van der Waals surface area contributed by atoms with Gasteiger partial charge in [-0.25, -0.2) is 4.39 Å². The number of benzene rings is 2. The van der Waals surface area contributed by atoms with Gasteiger partial charge in [-0.1, -0.05) is 42.5 Å². The molecule has 0 atom stereocenters. The smallest absolute Gasteiger partial charge is 0.126 e. The van der Waals surface area contributed by atoms with Gasteiger partial charge >= 0.3 is 0 Å². The van der Waals surface area contributed by atoms with Gasteiger partial charge in [0, 0.05) is 18.7 Å². The Bertz CT molecular complexity index is 721. The fourth-order valence-corrected chi connectivity index (χ4v) is 3.27. The number of rotatable bonds is 8. The molecule has 0 unspecified atom stereocenters. The van der Waals surface area contributed by atoms with Crippen LogP contribution in [0.4, 0.5) is 4.39 Å². The van der Waals surface area contributed by atoms with E-state index in [9.17, 15) is 9.50 Å². The van der Waals surface area contributed by atoms with E-state index in [2.05, 4.69) is 4.90 Å². The van der Waals surface area contributed by atoms with Crippen LogP contribution in [-0.2, 0) is 0 Å². The van der Waals surface area contributed by atoms with Gasteiger partial charge in [0.1, 0.15) is 11.6 Å². The lowest BCUT2D eigenvalue weighted by Crippen LogP contribution is -2.36. The highest BCUT2D eigenvalue weighted by Crippen LogP contribution is 2.21. The molecule has 0 aromatic heterocycles. The summed E-state index contributed by atoms with van der Waals surface area (Å²) in [7, 11) is 0. The van der Waals surface area contributed by atoms with Crippen LogP contribution >= 0.6 is 0 Å². The van der Waals surface area contributed by atoms with E-state index in [-0.39, 0.29) is 11.9 Å². The summed E-state index contributed by atoms with van der Waals surface area (Å²) >= 11 is 0. The minimum Gasteiger partial charge on any atom is -0.493 e. The number of likely N-dealkylation sites (tertiary alicyclic amines) is 1. The van der Waals surface area contributed by atoms with Crippen LogP contribution in [0.25, 0.3) is 12.2 Å². The van der Waals surface area contributed by atoms with Crippen LogP contribution < -0.4 is 4.74 Å². The van der Waals surface area contributed by atoms with Crippen molar-refractivity contribution in [2.45, 2.75) is 31.8 Å². The molecule has 2 aromatic carbocycles. The van der Waals surface area contributed by atoms with E-state index in [4.69, 9.17) is 4.74 Å². The summed E-state index contributed by atoms with van der Waals surface area (Å²) in [6, 6.07) is 14.4. The van der Waals surface area contributed by atoms with E-state index >= 15 is 0 Å². The molecule has 1 saturated heterocycles. The monoisotopic (exact) mass is 369 g/mol. The Balaban J connectivity index is 1.44. The van der Waals surface area contributed by atoms with Crippen LogP contribution in [0.5, 0.6) is 5.75 Å². The predicted octanol–water partition coefficient (Wildman–Crippen LogP) is 4.61. The third kappa shape index (κ3) is 6.49. The van der Waals surface area contributed by atoms with Crippen molar-refractivity contribution in [3.05, 3.63) is 65.5 Å². The maximum absolute atomic E-state index is 13.0. The van der Waals surface area contributed by atoms with Crippen molar-refractivity contribution < 1.29 is 14.2 Å². The number of halogens is 1. The highest BCUT2D eigenvalue weighted by atomic mass is 19.1. The van der Waals surface area contributed by atoms with Crippen LogP contribution in [0.2, 0.25) is 0 Å². The Morgan fingerprint density at radius 1 is 1.00 bits per heavy atom. The zero-order chi connectivity index (χ0) is 18.9. The van der Waals surface area contributed by atoms with Gasteiger partial charge in [-0.2, -0.15) is 0 Å². The molecule has 1 heterocycles. The minimum atomic E-state index is -0.225. The van der Waals surface area contributed by atoms with E-state index in [1.807, 2.05) is 36.4 Å². The van der Waals surface area contributed by atoms with Gasteiger partial charge in [-0.15, -0.1) is 0 Å². The largest absolute Gasteiger partial charge is 0.493 e. The second kappa shape index (κ2) is 10.2. The first-order chi connectivity index (χ1) is 13.2. The Kier molecular flexibility index (Phi) is 7.43. The summed E-state index contributed by atoms with van der Waals surface area (Å²) in [5.74, 6) is 0.647. The van der Waals surface area contributed by atoms with Crippen molar-refractivity contribution in [3.8, 4) is 5.75 Å². The summed E-state index contributed by atoms with van der Waals surface area (Å²) in [5, 5.41) is 9.55. The van der Waals surface area contributed by atoms with Crippen molar-refractivity contribution >= 4 is 12.2 Å². The van der Waals surface area contributed by atoms with Crippen LogP contribution in [-0.4, -0.2) is 42.4 Å². The molecule has 1 aliphatic heterocycles. The van der Waals surface area contributed by atoms with Crippen LogP contribution in [0, 0.1) is 5.82 Å². The zero-order valence-corrected chi connectivity index (χ0v) is 15.7. The summed E-state index contributed by atoms with van der Waals surface area (Å²) in [6.45, 7) is 3.76. The van der Waals surface area contributed by atoms with Crippen molar-refractivity contribution in [2.75, 3.05) is 26.2 Å². The average Bonchev–Trinajstić information content (AvgIpc) is 2.69. The van der Waals surface area contributed by atoms with Gasteiger partial charge in [-0.3, -0.25) is 0 Å². The molecule has 1 aliphatic rings. The van der Waals surface area contributed by atoms with Crippen LogP contribution in [0.1, 0.15) is 36.8 Å². The van der Waals surface area contributed by atoms with Crippen molar-refractivity contribution in [1.29, 1.82) is 0 Å². The second-order valence-electron chi connectivity index (χ2n) is 7.05. The highest BCUT2D eigenvalue weighted by Gasteiger charge is 2.15. The molecule has 4 heteroatoms. The molecular weight excluding hydrogens is 341 g/mol. The molecule has 0 saturated carbocycles. The molecule has 0 bridgehead atoms. The standard InChI is InChI=1S/C23H28FNO2/c24-21-11-8-19(9-12-21)7-10-20-5-1-2-6-23(20)27-18-4-3-15-25-16-13-22(26)14-17-25/h1-2,5-12,22,26H,3-4,13-18H2. The van der Waals surface area contributed by atoms with Gasteiger partial charge < -0.3 is 14.7 Å². The normalized spacial score (nSPS) is 16.1. The molecule has 0 spiro atoms. The Morgan fingerprint density at radius 3 is 2.52 bits per heavy atom. The van der Waals surface area contributed by atoms with E-state index in [1.54, 1.807) is 12.1 Å². The van der Waals surface area contributed by atoms with E-state index in [0.717, 1.165) is 62.2 Å². The molecule has 2 aromatic rings. The lowest BCUT2D eigenvalue weighted by atomic mass is 10.1. The van der Waals surface area contributed by atoms with Crippen molar-refractivity contribution in [2.24, 2.45) is 0 Å². The molecule has 0 aliphatic carbocycles. The molecule has 3 rings (SSSR count). The number of unbranched alkanes of at least 4 members (excludes halogenated alkanes) is 1. The number of para-hydroxylation sites is 1. The zero-order valence-electron chi connectivity index (χ0n) is 15.7. The van der Waals surface area contributed by atoms with Crippen molar-refractivity contribution in [1.82, 2.24) is 4.90 Å². The Morgan fingerprint density at radius 2 is 1.74 bits per heavy atom. The second-order valence-corrected chi connectivity index (χ2v) is 7.05. The maximum atomic E-state index is 13.0. The minimum absolute atomic E-state index is 0.107. The molecule has 0 amide bonds. The third-order valence-corrected chi connectivity index (χ3v) is 4.93. The Hall–Kier alpha value is -2.17. The molecule has 144 valence electrons. The fourth-order valence-electron chi connectivity index (χ4n) is 3.27. The van der Waals surface area contributed by atoms with E-state index in [0.29, 0.717) is 6.61 Å². The molecule has 0 radical (unpaired) electrons. The fraction of sp³-hybridized carbons (Fsp3) is 0.391. The summed E-state index contributed by atoms with van der Waals surface area (Å²) in [5.41, 5.74) is 1.98. The van der Waals surface area contributed by atoms with Gasteiger partial charge in [0.25, 0.3) is 0 Å². The van der Waals surface area contributed by atoms with E-state index < -0.39 is 0 Å². The van der Waals surface area contributed by atoms with Gasteiger partial charge in [0.05, 0.1) is 12.7 Å². The molecule has 1 fully saturated rings. The SMILES string of the molecule is OC1CCN(CCCCOc2ccccc2C=Cc2ccc(F)cc2)CC1. The molecule has 1 N–H and O–H groups in total. The number of piperidine rings is 1.